The molecule has 19 heavy (non-hydrogen) atoms. The molecule has 1 N–H and O–H groups in total. The molecule has 0 spiro atoms. The SMILES string of the molecule is Cn1c(C(=O)O)ccc1-c1ccc([N+](=O)[O-])cc1F. The first-order chi connectivity index (χ1) is 8.91. The van der Waals surface area contributed by atoms with Crippen LogP contribution in [0.25, 0.3) is 11.3 Å². The van der Waals surface area contributed by atoms with Crippen molar-refractivity contribution in [3.63, 3.8) is 0 Å². The number of halogens is 1. The van der Waals surface area contributed by atoms with Crippen molar-refractivity contribution < 1.29 is 19.2 Å². The zero-order valence-electron chi connectivity index (χ0n) is 9.83. The van der Waals surface area contributed by atoms with Crippen LogP contribution < -0.4 is 0 Å². The highest BCUT2D eigenvalue weighted by molar-refractivity contribution is 5.87. The largest absolute Gasteiger partial charge is 0.477 e. The second-order valence-corrected chi connectivity index (χ2v) is 3.89. The third-order valence-corrected chi connectivity index (χ3v) is 2.78. The Kier molecular flexibility index (Phi) is 3.04. The maximum atomic E-state index is 13.8. The maximum Gasteiger partial charge on any atom is 0.352 e. The van der Waals surface area contributed by atoms with Crippen molar-refractivity contribution in [1.29, 1.82) is 0 Å². The summed E-state index contributed by atoms with van der Waals surface area (Å²) in [6.07, 6.45) is 0. The predicted octanol–water partition coefficient (Wildman–Crippen LogP) is 2.44. The van der Waals surface area contributed by atoms with Gasteiger partial charge in [0.15, 0.2) is 0 Å². The summed E-state index contributed by atoms with van der Waals surface area (Å²) in [5.41, 5.74) is 0.104. The second-order valence-electron chi connectivity index (χ2n) is 3.89. The molecule has 0 amide bonds. The van der Waals surface area contributed by atoms with E-state index in [1.54, 1.807) is 0 Å². The lowest BCUT2D eigenvalue weighted by Crippen LogP contribution is -2.05. The van der Waals surface area contributed by atoms with Crippen LogP contribution in [0.3, 0.4) is 0 Å². The Hall–Kier alpha value is -2.70. The summed E-state index contributed by atoms with van der Waals surface area (Å²) in [4.78, 5) is 20.7. The number of carboxylic acid groups (broad SMARTS) is 1. The van der Waals surface area contributed by atoms with Gasteiger partial charge in [-0.3, -0.25) is 10.1 Å². The number of benzene rings is 1. The molecular weight excluding hydrogens is 255 g/mol. The molecule has 0 radical (unpaired) electrons. The number of non-ortho nitro benzene ring substituents is 1. The molecule has 2 rings (SSSR count). The molecule has 6 nitrogen and oxygen atoms in total. The fourth-order valence-electron chi connectivity index (χ4n) is 1.82. The average Bonchev–Trinajstić information content (AvgIpc) is 2.71. The van der Waals surface area contributed by atoms with E-state index in [0.29, 0.717) is 5.69 Å². The summed E-state index contributed by atoms with van der Waals surface area (Å²) in [5, 5.41) is 19.4. The number of hydrogen-bond donors (Lipinski definition) is 1. The molecule has 0 saturated carbocycles. The molecule has 1 aromatic carbocycles. The average molecular weight is 264 g/mol. The number of aromatic carboxylic acids is 1. The lowest BCUT2D eigenvalue weighted by atomic mass is 10.1. The molecule has 0 saturated heterocycles. The molecule has 1 aromatic heterocycles. The Morgan fingerprint density at radius 2 is 2.05 bits per heavy atom. The van der Waals surface area contributed by atoms with E-state index >= 15 is 0 Å². The van der Waals surface area contributed by atoms with E-state index in [2.05, 4.69) is 0 Å². The van der Waals surface area contributed by atoms with Crippen LogP contribution in [-0.2, 0) is 7.05 Å². The smallest absolute Gasteiger partial charge is 0.352 e. The van der Waals surface area contributed by atoms with Crippen molar-refractivity contribution in [3.05, 3.63) is 52.0 Å². The lowest BCUT2D eigenvalue weighted by molar-refractivity contribution is -0.385. The number of carbonyl (C=O) groups is 1. The lowest BCUT2D eigenvalue weighted by Gasteiger charge is -2.06. The van der Waals surface area contributed by atoms with Gasteiger partial charge < -0.3 is 9.67 Å². The highest BCUT2D eigenvalue weighted by atomic mass is 19.1. The minimum absolute atomic E-state index is 0.00718. The Morgan fingerprint density at radius 3 is 2.53 bits per heavy atom. The van der Waals surface area contributed by atoms with E-state index in [1.165, 1.54) is 35.9 Å². The van der Waals surface area contributed by atoms with Crippen LogP contribution in [0.5, 0.6) is 0 Å². The standard InChI is InChI=1S/C12H9FN2O4/c1-14-10(4-5-11(14)12(16)17)8-3-2-7(15(18)19)6-9(8)13/h2-6H,1H3,(H,16,17). The molecule has 1 heterocycles. The van der Waals surface area contributed by atoms with Gasteiger partial charge in [0.2, 0.25) is 0 Å². The zero-order valence-corrected chi connectivity index (χ0v) is 9.83. The monoisotopic (exact) mass is 264 g/mol. The summed E-state index contributed by atoms with van der Waals surface area (Å²) in [6, 6.07) is 6.04. The Labute approximate surface area is 106 Å². The molecular formula is C12H9FN2O4. The van der Waals surface area contributed by atoms with Crippen LogP contribution in [0.2, 0.25) is 0 Å². The fraction of sp³-hybridized carbons (Fsp3) is 0.0833. The van der Waals surface area contributed by atoms with Crippen molar-refractivity contribution in [2.75, 3.05) is 0 Å². The summed E-state index contributed by atoms with van der Waals surface area (Å²) >= 11 is 0. The van der Waals surface area contributed by atoms with E-state index in [9.17, 15) is 19.3 Å². The van der Waals surface area contributed by atoms with Crippen LogP contribution in [0.1, 0.15) is 10.5 Å². The molecule has 0 bridgehead atoms. The number of hydrogen-bond acceptors (Lipinski definition) is 3. The molecule has 0 aliphatic carbocycles. The first kappa shape index (κ1) is 12.7. The molecule has 7 heteroatoms. The Balaban J connectivity index is 2.54. The van der Waals surface area contributed by atoms with Gasteiger partial charge in [0, 0.05) is 18.7 Å². The fourth-order valence-corrected chi connectivity index (χ4v) is 1.82. The van der Waals surface area contributed by atoms with Crippen LogP contribution in [-0.4, -0.2) is 20.6 Å². The van der Waals surface area contributed by atoms with E-state index in [0.717, 1.165) is 6.07 Å². The predicted molar refractivity (Wildman–Crippen MR) is 64.4 cm³/mol. The van der Waals surface area contributed by atoms with Gasteiger partial charge in [-0.25, -0.2) is 9.18 Å². The number of rotatable bonds is 3. The van der Waals surface area contributed by atoms with Crippen molar-refractivity contribution in [2.45, 2.75) is 0 Å². The van der Waals surface area contributed by atoms with Gasteiger partial charge in [-0.15, -0.1) is 0 Å². The molecule has 0 fully saturated rings. The zero-order chi connectivity index (χ0) is 14.2. The van der Waals surface area contributed by atoms with Crippen molar-refractivity contribution in [2.24, 2.45) is 7.05 Å². The van der Waals surface area contributed by atoms with Gasteiger partial charge in [-0.2, -0.15) is 0 Å². The van der Waals surface area contributed by atoms with Gasteiger partial charge in [-0.1, -0.05) is 0 Å². The van der Waals surface area contributed by atoms with Gasteiger partial charge in [0.05, 0.1) is 16.7 Å². The van der Waals surface area contributed by atoms with Crippen LogP contribution in [0.4, 0.5) is 10.1 Å². The first-order valence-corrected chi connectivity index (χ1v) is 5.25. The molecule has 0 aliphatic rings. The molecule has 98 valence electrons. The maximum absolute atomic E-state index is 13.8. The van der Waals surface area contributed by atoms with E-state index in [1.807, 2.05) is 0 Å². The third-order valence-electron chi connectivity index (χ3n) is 2.78. The second kappa shape index (κ2) is 4.52. The summed E-state index contributed by atoms with van der Waals surface area (Å²) in [5.74, 6) is -1.90. The number of nitrogens with zero attached hydrogens (tertiary/aromatic N) is 2. The molecule has 0 aliphatic heterocycles. The summed E-state index contributed by atoms with van der Waals surface area (Å²) < 4.78 is 15.1. The van der Waals surface area contributed by atoms with Gasteiger partial charge in [-0.05, 0) is 18.2 Å². The van der Waals surface area contributed by atoms with Crippen molar-refractivity contribution in [1.82, 2.24) is 4.57 Å². The van der Waals surface area contributed by atoms with E-state index < -0.39 is 16.7 Å². The quantitative estimate of drug-likeness (QED) is 0.681. The highest BCUT2D eigenvalue weighted by Crippen LogP contribution is 2.27. The number of nitro benzene ring substituents is 1. The molecule has 2 aromatic rings. The van der Waals surface area contributed by atoms with Crippen LogP contribution >= 0.6 is 0 Å². The van der Waals surface area contributed by atoms with Crippen molar-refractivity contribution >= 4 is 11.7 Å². The number of nitro groups is 1. The summed E-state index contributed by atoms with van der Waals surface area (Å²) in [7, 11) is 1.49. The van der Waals surface area contributed by atoms with Crippen LogP contribution in [0, 0.1) is 15.9 Å². The minimum Gasteiger partial charge on any atom is -0.477 e. The van der Waals surface area contributed by atoms with E-state index in [4.69, 9.17) is 5.11 Å². The number of carboxylic acids is 1. The van der Waals surface area contributed by atoms with Crippen molar-refractivity contribution in [3.8, 4) is 11.3 Å². The Morgan fingerprint density at radius 1 is 1.37 bits per heavy atom. The Bertz CT molecular complexity index is 678. The van der Waals surface area contributed by atoms with Gasteiger partial charge >= 0.3 is 5.97 Å². The van der Waals surface area contributed by atoms with E-state index in [-0.39, 0.29) is 16.9 Å². The van der Waals surface area contributed by atoms with Gasteiger partial charge in [0.25, 0.3) is 5.69 Å². The third kappa shape index (κ3) is 2.17. The van der Waals surface area contributed by atoms with Crippen LogP contribution in [0.15, 0.2) is 30.3 Å². The first-order valence-electron chi connectivity index (χ1n) is 5.25. The topological polar surface area (TPSA) is 85.4 Å². The minimum atomic E-state index is -1.13. The molecule has 0 atom stereocenters. The molecule has 0 unspecified atom stereocenters. The highest BCUT2D eigenvalue weighted by Gasteiger charge is 2.17. The van der Waals surface area contributed by atoms with Gasteiger partial charge in [0.1, 0.15) is 11.5 Å². The number of aromatic nitrogens is 1. The normalized spacial score (nSPS) is 10.4. The summed E-state index contributed by atoms with van der Waals surface area (Å²) in [6.45, 7) is 0.